The van der Waals surface area contributed by atoms with Crippen molar-refractivity contribution in [3.63, 3.8) is 0 Å². The van der Waals surface area contributed by atoms with Crippen LogP contribution >= 0.6 is 0 Å². The van der Waals surface area contributed by atoms with Crippen LogP contribution in [0.25, 0.3) is 32.9 Å². The molecule has 0 radical (unpaired) electrons. The predicted octanol–water partition coefficient (Wildman–Crippen LogP) is 5.13. The number of para-hydroxylation sites is 2. The predicted molar refractivity (Wildman–Crippen MR) is 116 cm³/mol. The molecule has 0 aliphatic heterocycles. The van der Waals surface area contributed by atoms with E-state index in [1.807, 2.05) is 30.3 Å². The summed E-state index contributed by atoms with van der Waals surface area (Å²) in [5.41, 5.74) is 2.76. The number of furan rings is 2. The highest BCUT2D eigenvalue weighted by Crippen LogP contribution is 2.31. The minimum Gasteiger partial charge on any atom is -0.456 e. The van der Waals surface area contributed by atoms with E-state index in [9.17, 15) is 13.2 Å². The Morgan fingerprint density at radius 2 is 1.47 bits per heavy atom. The number of rotatable bonds is 4. The quantitative estimate of drug-likeness (QED) is 0.436. The molecule has 2 aromatic heterocycles. The molecule has 0 bridgehead atoms. The van der Waals surface area contributed by atoms with Gasteiger partial charge in [0.1, 0.15) is 16.7 Å². The third-order valence-corrected chi connectivity index (χ3v) is 5.76. The molecule has 3 aromatic carbocycles. The molecule has 0 aliphatic rings. The summed E-state index contributed by atoms with van der Waals surface area (Å²) in [5.74, 6) is -0.804. The number of carbonyl (C=O) groups excluding carboxylic acids is 1. The maximum Gasteiger partial charge on any atom is 0.291 e. The molecular formula is C23H17NO5S. The number of fused-ring (bicyclic) bond motifs is 4. The molecule has 150 valence electrons. The highest BCUT2D eigenvalue weighted by atomic mass is 32.2. The van der Waals surface area contributed by atoms with Crippen LogP contribution in [0.3, 0.4) is 0 Å². The highest BCUT2D eigenvalue weighted by molar-refractivity contribution is 7.89. The number of sulfone groups is 1. The Kier molecular flexibility index (Phi) is 4.15. The fraction of sp³-hybridized carbons (Fsp3) is 0.0870. The lowest BCUT2D eigenvalue weighted by Gasteiger charge is -2.05. The Morgan fingerprint density at radius 1 is 0.833 bits per heavy atom. The number of nitrogens with one attached hydrogen (secondary N) is 1. The molecule has 0 aliphatic carbocycles. The minimum absolute atomic E-state index is 0.00803. The van der Waals surface area contributed by atoms with Gasteiger partial charge in [-0.3, -0.25) is 4.79 Å². The van der Waals surface area contributed by atoms with Crippen LogP contribution in [0.2, 0.25) is 0 Å². The van der Waals surface area contributed by atoms with Crippen LogP contribution in [0, 0.1) is 0 Å². The van der Waals surface area contributed by atoms with Crippen LogP contribution in [-0.4, -0.2) is 20.6 Å². The molecule has 1 amide bonds. The van der Waals surface area contributed by atoms with Crippen molar-refractivity contribution in [3.8, 4) is 0 Å². The normalized spacial score (nSPS) is 12.0. The van der Waals surface area contributed by atoms with Crippen LogP contribution in [0.15, 0.2) is 75.6 Å². The van der Waals surface area contributed by atoms with Gasteiger partial charge in [-0.05, 0) is 24.3 Å². The summed E-state index contributed by atoms with van der Waals surface area (Å²) >= 11 is 0. The molecule has 6 nitrogen and oxygen atoms in total. The van der Waals surface area contributed by atoms with Crippen molar-refractivity contribution in [3.05, 3.63) is 78.1 Å². The van der Waals surface area contributed by atoms with Gasteiger partial charge < -0.3 is 14.2 Å². The van der Waals surface area contributed by atoms with Crippen molar-refractivity contribution in [2.24, 2.45) is 0 Å². The molecule has 5 rings (SSSR count). The zero-order valence-electron chi connectivity index (χ0n) is 16.0. The second kappa shape index (κ2) is 6.74. The van der Waals surface area contributed by atoms with Crippen LogP contribution < -0.4 is 5.32 Å². The van der Waals surface area contributed by atoms with Gasteiger partial charge in [-0.2, -0.15) is 0 Å². The topological polar surface area (TPSA) is 89.5 Å². The molecule has 0 saturated carbocycles. The molecular weight excluding hydrogens is 402 g/mol. The summed E-state index contributed by atoms with van der Waals surface area (Å²) in [6, 6.07) is 20.1. The molecule has 0 spiro atoms. The first-order chi connectivity index (χ1) is 14.4. The first-order valence-corrected chi connectivity index (χ1v) is 11.4. The van der Waals surface area contributed by atoms with Crippen molar-refractivity contribution < 1.29 is 22.0 Å². The first kappa shape index (κ1) is 18.4. The Hall–Kier alpha value is -3.58. The van der Waals surface area contributed by atoms with Crippen molar-refractivity contribution >= 4 is 54.3 Å². The van der Waals surface area contributed by atoms with Gasteiger partial charge in [0.25, 0.3) is 5.91 Å². The molecule has 0 unspecified atom stereocenters. The monoisotopic (exact) mass is 419 g/mol. The largest absolute Gasteiger partial charge is 0.456 e. The molecule has 7 heteroatoms. The first-order valence-electron chi connectivity index (χ1n) is 9.30. The molecule has 30 heavy (non-hydrogen) atoms. The minimum atomic E-state index is -3.37. The number of hydrogen-bond donors (Lipinski definition) is 1. The Bertz CT molecular complexity index is 1540. The second-order valence-corrected chi connectivity index (χ2v) is 9.38. The van der Waals surface area contributed by atoms with E-state index in [1.165, 1.54) is 0 Å². The van der Waals surface area contributed by atoms with Crippen molar-refractivity contribution in [2.45, 2.75) is 5.75 Å². The number of carbonyl (C=O) groups is 1. The smallest absolute Gasteiger partial charge is 0.291 e. The summed E-state index contributed by atoms with van der Waals surface area (Å²) in [6.45, 7) is 0. The number of amides is 1. The van der Waals surface area contributed by atoms with Crippen LogP contribution in [-0.2, 0) is 15.6 Å². The number of benzene rings is 3. The van der Waals surface area contributed by atoms with Gasteiger partial charge in [-0.15, -0.1) is 0 Å². The fourth-order valence-electron chi connectivity index (χ4n) is 3.68. The second-order valence-electron chi connectivity index (χ2n) is 7.24. The van der Waals surface area contributed by atoms with E-state index in [0.717, 1.165) is 22.6 Å². The van der Waals surface area contributed by atoms with Crippen LogP contribution in [0.5, 0.6) is 0 Å². The summed E-state index contributed by atoms with van der Waals surface area (Å²) in [7, 11) is -3.37. The fourth-order valence-corrected chi connectivity index (χ4v) is 4.49. The van der Waals surface area contributed by atoms with Crippen LogP contribution in [0.4, 0.5) is 5.69 Å². The van der Waals surface area contributed by atoms with Gasteiger partial charge in [0, 0.05) is 39.7 Å². The van der Waals surface area contributed by atoms with E-state index in [2.05, 4.69) is 5.32 Å². The highest BCUT2D eigenvalue weighted by Gasteiger charge is 2.23. The SMILES string of the molecule is CS(=O)(=O)Cc1c(C(=O)Nc2ccc3c(c2)oc2ccccc23)oc2ccccc12. The maximum absolute atomic E-state index is 13.0. The van der Waals surface area contributed by atoms with Gasteiger partial charge in [-0.25, -0.2) is 8.42 Å². The summed E-state index contributed by atoms with van der Waals surface area (Å²) in [6.07, 6.45) is 1.13. The average Bonchev–Trinajstić information content (AvgIpc) is 3.25. The molecule has 5 aromatic rings. The molecule has 0 saturated heterocycles. The third-order valence-electron chi connectivity index (χ3n) is 4.95. The van der Waals surface area contributed by atoms with Gasteiger partial charge in [0.05, 0.1) is 5.75 Å². The van der Waals surface area contributed by atoms with Gasteiger partial charge in [0.15, 0.2) is 15.6 Å². The van der Waals surface area contributed by atoms with Crippen molar-refractivity contribution in [2.75, 3.05) is 11.6 Å². The Labute approximate surface area is 172 Å². The maximum atomic E-state index is 13.0. The van der Waals surface area contributed by atoms with E-state index in [1.54, 1.807) is 36.4 Å². The number of anilines is 1. The lowest BCUT2D eigenvalue weighted by Crippen LogP contribution is -2.14. The Morgan fingerprint density at radius 3 is 2.20 bits per heavy atom. The Balaban J connectivity index is 1.54. The zero-order chi connectivity index (χ0) is 20.9. The van der Waals surface area contributed by atoms with E-state index < -0.39 is 15.7 Å². The van der Waals surface area contributed by atoms with Gasteiger partial charge >= 0.3 is 0 Å². The number of hydrogen-bond acceptors (Lipinski definition) is 5. The lowest BCUT2D eigenvalue weighted by molar-refractivity contribution is 0.0998. The molecule has 2 heterocycles. The van der Waals surface area contributed by atoms with Gasteiger partial charge in [0.2, 0.25) is 0 Å². The molecule has 1 N–H and O–H groups in total. The standard InChI is InChI=1S/C23H17NO5S/c1-30(26,27)13-18-16-7-3-5-9-20(16)29-22(18)23(25)24-14-10-11-17-15-6-2-4-8-19(15)28-21(17)12-14/h2-12H,13H2,1H3,(H,24,25). The molecule has 0 fully saturated rings. The van der Waals surface area contributed by atoms with E-state index in [0.29, 0.717) is 27.8 Å². The molecule has 0 atom stereocenters. The summed E-state index contributed by atoms with van der Waals surface area (Å²) in [5, 5.41) is 5.35. The third kappa shape index (κ3) is 3.23. The zero-order valence-corrected chi connectivity index (χ0v) is 16.8. The van der Waals surface area contributed by atoms with E-state index >= 15 is 0 Å². The summed E-state index contributed by atoms with van der Waals surface area (Å²) < 4.78 is 35.4. The van der Waals surface area contributed by atoms with Crippen molar-refractivity contribution in [1.82, 2.24) is 0 Å². The van der Waals surface area contributed by atoms with Gasteiger partial charge in [-0.1, -0.05) is 36.4 Å². The lowest BCUT2D eigenvalue weighted by atomic mass is 10.1. The summed E-state index contributed by atoms with van der Waals surface area (Å²) in [4.78, 5) is 13.0. The van der Waals surface area contributed by atoms with E-state index in [-0.39, 0.29) is 11.5 Å². The van der Waals surface area contributed by atoms with Crippen LogP contribution in [0.1, 0.15) is 16.1 Å². The van der Waals surface area contributed by atoms with E-state index in [4.69, 9.17) is 8.83 Å². The van der Waals surface area contributed by atoms with Crippen molar-refractivity contribution in [1.29, 1.82) is 0 Å². The average molecular weight is 419 g/mol.